The topological polar surface area (TPSA) is 58.0 Å². The Morgan fingerprint density at radius 2 is 2.06 bits per heavy atom. The van der Waals surface area contributed by atoms with Crippen LogP contribution in [0.15, 0.2) is 12.4 Å². The largest absolute Gasteiger partial charge is 0.396 e. The monoisotopic (exact) mass is 223 g/mol. The van der Waals surface area contributed by atoms with Gasteiger partial charge in [-0.3, -0.25) is 0 Å². The fourth-order valence-corrected chi connectivity index (χ4v) is 1.49. The summed E-state index contributed by atoms with van der Waals surface area (Å²) in [5.41, 5.74) is 1.05. The Morgan fingerprint density at radius 3 is 2.69 bits per heavy atom. The van der Waals surface area contributed by atoms with Crippen LogP contribution >= 0.6 is 0 Å². The quantitative estimate of drug-likeness (QED) is 0.776. The fourth-order valence-electron chi connectivity index (χ4n) is 1.49. The molecule has 0 saturated heterocycles. The van der Waals surface area contributed by atoms with Crippen LogP contribution in [-0.2, 0) is 0 Å². The third kappa shape index (κ3) is 4.14. The van der Waals surface area contributed by atoms with Crippen molar-refractivity contribution in [3.63, 3.8) is 0 Å². The van der Waals surface area contributed by atoms with E-state index in [1.165, 1.54) is 0 Å². The van der Waals surface area contributed by atoms with E-state index in [1.807, 2.05) is 6.07 Å². The number of aliphatic hydroxyl groups excluding tert-OH is 1. The molecule has 4 heteroatoms. The van der Waals surface area contributed by atoms with E-state index in [4.69, 9.17) is 5.11 Å². The van der Waals surface area contributed by atoms with E-state index in [0.29, 0.717) is 12.0 Å². The second-order valence-corrected chi connectivity index (χ2v) is 4.39. The van der Waals surface area contributed by atoms with Crippen molar-refractivity contribution in [2.24, 2.45) is 0 Å². The van der Waals surface area contributed by atoms with Crippen molar-refractivity contribution in [1.29, 1.82) is 0 Å². The van der Waals surface area contributed by atoms with Gasteiger partial charge in [-0.15, -0.1) is 0 Å². The van der Waals surface area contributed by atoms with Gasteiger partial charge in [-0.25, -0.2) is 9.97 Å². The van der Waals surface area contributed by atoms with Crippen molar-refractivity contribution >= 4 is 5.82 Å². The molecule has 1 aromatic heterocycles. The first-order chi connectivity index (χ1) is 7.63. The van der Waals surface area contributed by atoms with Crippen LogP contribution in [0.5, 0.6) is 0 Å². The maximum atomic E-state index is 8.74. The normalized spacial score (nSPS) is 12.8. The number of rotatable bonds is 6. The van der Waals surface area contributed by atoms with Gasteiger partial charge in [0.05, 0.1) is 0 Å². The molecule has 0 amide bonds. The molecule has 0 aliphatic rings. The van der Waals surface area contributed by atoms with Gasteiger partial charge >= 0.3 is 0 Å². The highest BCUT2D eigenvalue weighted by Gasteiger charge is 2.05. The SMILES string of the molecule is CC(CCCO)Nc1cc(C(C)C)ncn1. The third-order valence-corrected chi connectivity index (χ3v) is 2.47. The van der Waals surface area contributed by atoms with Gasteiger partial charge in [0.2, 0.25) is 0 Å². The summed E-state index contributed by atoms with van der Waals surface area (Å²) in [6.45, 7) is 6.56. The summed E-state index contributed by atoms with van der Waals surface area (Å²) in [5.74, 6) is 1.28. The Kier molecular flexibility index (Phi) is 5.19. The van der Waals surface area contributed by atoms with E-state index in [1.54, 1.807) is 6.33 Å². The number of nitrogens with zero attached hydrogens (tertiary/aromatic N) is 2. The van der Waals surface area contributed by atoms with Gasteiger partial charge < -0.3 is 10.4 Å². The average Bonchev–Trinajstić information content (AvgIpc) is 2.26. The Hall–Kier alpha value is -1.16. The van der Waals surface area contributed by atoms with Crippen LogP contribution < -0.4 is 5.32 Å². The van der Waals surface area contributed by atoms with E-state index >= 15 is 0 Å². The van der Waals surface area contributed by atoms with Crippen LogP contribution in [0.1, 0.15) is 45.2 Å². The molecule has 0 aliphatic heterocycles. The molecule has 16 heavy (non-hydrogen) atoms. The number of hydrogen-bond acceptors (Lipinski definition) is 4. The van der Waals surface area contributed by atoms with E-state index in [2.05, 4.69) is 36.1 Å². The second-order valence-electron chi connectivity index (χ2n) is 4.39. The molecule has 4 nitrogen and oxygen atoms in total. The standard InChI is InChI=1S/C12H21N3O/c1-9(2)11-7-12(14-8-13-11)15-10(3)5-4-6-16/h7-10,16H,4-6H2,1-3H3,(H,13,14,15). The lowest BCUT2D eigenvalue weighted by Gasteiger charge is -2.14. The summed E-state index contributed by atoms with van der Waals surface area (Å²) < 4.78 is 0. The molecule has 0 aliphatic carbocycles. The predicted molar refractivity (Wildman–Crippen MR) is 65.5 cm³/mol. The molecule has 0 spiro atoms. The molecular formula is C12H21N3O. The van der Waals surface area contributed by atoms with Gasteiger partial charge in [-0.2, -0.15) is 0 Å². The van der Waals surface area contributed by atoms with Crippen LogP contribution in [0.3, 0.4) is 0 Å². The van der Waals surface area contributed by atoms with Crippen molar-refractivity contribution in [1.82, 2.24) is 9.97 Å². The highest BCUT2D eigenvalue weighted by Crippen LogP contribution is 2.14. The lowest BCUT2D eigenvalue weighted by atomic mass is 10.1. The number of aromatic nitrogens is 2. The second kappa shape index (κ2) is 6.43. The number of anilines is 1. The molecular weight excluding hydrogens is 202 g/mol. The highest BCUT2D eigenvalue weighted by atomic mass is 16.2. The number of hydrogen-bond donors (Lipinski definition) is 2. The predicted octanol–water partition coefficient (Wildman–Crippen LogP) is 2.17. The fraction of sp³-hybridized carbons (Fsp3) is 0.667. The maximum absolute atomic E-state index is 8.74. The molecule has 1 heterocycles. The van der Waals surface area contributed by atoms with Crippen molar-refractivity contribution in [2.75, 3.05) is 11.9 Å². The van der Waals surface area contributed by atoms with Gasteiger partial charge in [0, 0.05) is 24.4 Å². The van der Waals surface area contributed by atoms with E-state index in [9.17, 15) is 0 Å². The molecule has 0 saturated carbocycles. The van der Waals surface area contributed by atoms with Crippen LogP contribution in [-0.4, -0.2) is 27.7 Å². The molecule has 90 valence electrons. The number of aliphatic hydroxyl groups is 1. The molecule has 1 rings (SSSR count). The van der Waals surface area contributed by atoms with Crippen LogP contribution in [0.4, 0.5) is 5.82 Å². The van der Waals surface area contributed by atoms with Crippen molar-refractivity contribution in [2.45, 2.75) is 45.6 Å². The Labute approximate surface area is 97.1 Å². The molecule has 2 N–H and O–H groups in total. The zero-order valence-electron chi connectivity index (χ0n) is 10.3. The summed E-state index contributed by atoms with van der Waals surface area (Å²) >= 11 is 0. The Morgan fingerprint density at radius 1 is 1.31 bits per heavy atom. The minimum atomic E-state index is 0.243. The van der Waals surface area contributed by atoms with E-state index in [0.717, 1.165) is 24.4 Å². The zero-order chi connectivity index (χ0) is 12.0. The third-order valence-electron chi connectivity index (χ3n) is 2.47. The van der Waals surface area contributed by atoms with Crippen molar-refractivity contribution in [3.8, 4) is 0 Å². The summed E-state index contributed by atoms with van der Waals surface area (Å²) in [4.78, 5) is 8.40. The van der Waals surface area contributed by atoms with Crippen molar-refractivity contribution in [3.05, 3.63) is 18.1 Å². The smallest absolute Gasteiger partial charge is 0.129 e. The van der Waals surface area contributed by atoms with Gasteiger partial charge in [-0.1, -0.05) is 13.8 Å². The molecule has 1 atom stereocenters. The summed E-state index contributed by atoms with van der Waals surface area (Å²) in [5, 5.41) is 12.1. The first kappa shape index (κ1) is 12.9. The summed E-state index contributed by atoms with van der Waals surface area (Å²) in [7, 11) is 0. The van der Waals surface area contributed by atoms with Gasteiger partial charge in [0.15, 0.2) is 0 Å². The minimum absolute atomic E-state index is 0.243. The Bertz CT molecular complexity index is 315. The van der Waals surface area contributed by atoms with Crippen LogP contribution in [0.25, 0.3) is 0 Å². The maximum Gasteiger partial charge on any atom is 0.129 e. The van der Waals surface area contributed by atoms with E-state index < -0.39 is 0 Å². The minimum Gasteiger partial charge on any atom is -0.396 e. The molecule has 1 unspecified atom stereocenters. The first-order valence-electron chi connectivity index (χ1n) is 5.82. The van der Waals surface area contributed by atoms with Gasteiger partial charge in [0.25, 0.3) is 0 Å². The zero-order valence-corrected chi connectivity index (χ0v) is 10.3. The molecule has 0 radical (unpaired) electrons. The number of nitrogens with one attached hydrogen (secondary N) is 1. The summed E-state index contributed by atoms with van der Waals surface area (Å²) in [6.07, 6.45) is 3.35. The lowest BCUT2D eigenvalue weighted by molar-refractivity contribution is 0.282. The van der Waals surface area contributed by atoms with E-state index in [-0.39, 0.29) is 6.61 Å². The molecule has 0 aromatic carbocycles. The van der Waals surface area contributed by atoms with Crippen LogP contribution in [0, 0.1) is 0 Å². The first-order valence-corrected chi connectivity index (χ1v) is 5.82. The average molecular weight is 223 g/mol. The Balaban J connectivity index is 2.56. The van der Waals surface area contributed by atoms with Gasteiger partial charge in [-0.05, 0) is 25.7 Å². The highest BCUT2D eigenvalue weighted by molar-refractivity contribution is 5.36. The molecule has 0 bridgehead atoms. The van der Waals surface area contributed by atoms with Crippen molar-refractivity contribution < 1.29 is 5.11 Å². The van der Waals surface area contributed by atoms with Gasteiger partial charge in [0.1, 0.15) is 12.1 Å². The van der Waals surface area contributed by atoms with Crippen LogP contribution in [0.2, 0.25) is 0 Å². The lowest BCUT2D eigenvalue weighted by Crippen LogP contribution is -2.16. The summed E-state index contributed by atoms with van der Waals surface area (Å²) in [6, 6.07) is 2.31. The molecule has 1 aromatic rings. The molecule has 0 fully saturated rings.